The highest BCUT2D eigenvalue weighted by Crippen LogP contribution is 2.42. The van der Waals surface area contributed by atoms with E-state index in [0.717, 1.165) is 42.9 Å². The van der Waals surface area contributed by atoms with Gasteiger partial charge in [0.25, 0.3) is 0 Å². The maximum absolute atomic E-state index is 13.7. The van der Waals surface area contributed by atoms with E-state index in [1.807, 2.05) is 18.2 Å². The largest absolute Gasteiger partial charge is 0.493 e. The van der Waals surface area contributed by atoms with Crippen LogP contribution in [0.2, 0.25) is 0 Å². The van der Waals surface area contributed by atoms with E-state index < -0.39 is 0 Å². The van der Waals surface area contributed by atoms with E-state index in [4.69, 9.17) is 14.2 Å². The molecule has 6 nitrogen and oxygen atoms in total. The number of hydrogen-bond acceptors (Lipinski definition) is 6. The fourth-order valence-electron chi connectivity index (χ4n) is 4.58. The van der Waals surface area contributed by atoms with E-state index >= 15 is 0 Å². The van der Waals surface area contributed by atoms with Crippen LogP contribution in [-0.4, -0.2) is 37.9 Å². The molecule has 3 unspecified atom stereocenters. The van der Waals surface area contributed by atoms with Crippen LogP contribution < -0.4 is 25.1 Å². The fraction of sp³-hybridized carbons (Fsp3) is 0.429. The van der Waals surface area contributed by atoms with E-state index in [1.165, 1.54) is 6.07 Å². The number of benzene rings is 2. The molecule has 0 radical (unpaired) electrons. The summed E-state index contributed by atoms with van der Waals surface area (Å²) >= 11 is 0. The molecule has 5 rings (SSSR count). The lowest BCUT2D eigenvalue weighted by atomic mass is 9.85. The summed E-state index contributed by atoms with van der Waals surface area (Å²) in [5.74, 6) is 2.32. The fourth-order valence-corrected chi connectivity index (χ4v) is 4.58. The van der Waals surface area contributed by atoms with Crippen LogP contribution in [0.1, 0.15) is 23.6 Å². The third-order valence-corrected chi connectivity index (χ3v) is 5.93. The first-order valence-corrected chi connectivity index (χ1v) is 9.66. The molecule has 0 amide bonds. The first-order valence-electron chi connectivity index (χ1n) is 9.66. The molecule has 2 saturated heterocycles. The summed E-state index contributed by atoms with van der Waals surface area (Å²) < 4.78 is 30.2. The molecular formula is C21H24FN3O3. The summed E-state index contributed by atoms with van der Waals surface area (Å²) in [4.78, 5) is 2.44. The van der Waals surface area contributed by atoms with Crippen LogP contribution in [0.15, 0.2) is 36.4 Å². The van der Waals surface area contributed by atoms with Gasteiger partial charge < -0.3 is 14.2 Å². The zero-order chi connectivity index (χ0) is 19.1. The Bertz CT molecular complexity index is 878. The van der Waals surface area contributed by atoms with Gasteiger partial charge in [-0.3, -0.25) is 10.3 Å². The number of hydrazine groups is 1. The SMILES string of the molecule is COc1cc(CN2CCC3NNC(c4cccc(F)c4)C3C2)cc2c1OCO2. The molecule has 0 bridgehead atoms. The Hall–Kier alpha value is -2.35. The van der Waals surface area contributed by atoms with E-state index in [2.05, 4.69) is 15.8 Å². The highest BCUT2D eigenvalue weighted by atomic mass is 19.1. The molecular weight excluding hydrogens is 361 g/mol. The number of fused-ring (bicyclic) bond motifs is 2. The van der Waals surface area contributed by atoms with Crippen molar-refractivity contribution < 1.29 is 18.6 Å². The number of hydrogen-bond donors (Lipinski definition) is 2. The maximum atomic E-state index is 13.7. The third kappa shape index (κ3) is 3.19. The molecule has 2 fully saturated rings. The van der Waals surface area contributed by atoms with Crippen LogP contribution in [0.3, 0.4) is 0 Å². The van der Waals surface area contributed by atoms with Crippen molar-refractivity contribution in [1.29, 1.82) is 0 Å². The molecule has 2 N–H and O–H groups in total. The number of likely N-dealkylation sites (tertiary alicyclic amines) is 1. The lowest BCUT2D eigenvalue weighted by Gasteiger charge is -2.36. The standard InChI is InChI=1S/C21H24FN3O3/c1-26-18-7-13(8-19-21(18)28-12-27-19)10-25-6-5-17-16(11-25)20(24-23-17)14-3-2-4-15(22)9-14/h2-4,7-9,16-17,20,23-24H,5-6,10-12H2,1H3. The van der Waals surface area contributed by atoms with Gasteiger partial charge in [0.05, 0.1) is 13.2 Å². The van der Waals surface area contributed by atoms with Gasteiger partial charge in [0.15, 0.2) is 11.5 Å². The Morgan fingerprint density at radius 2 is 2.14 bits per heavy atom. The van der Waals surface area contributed by atoms with Gasteiger partial charge in [-0.25, -0.2) is 9.82 Å². The average Bonchev–Trinajstić information content (AvgIpc) is 3.34. The first kappa shape index (κ1) is 17.7. The van der Waals surface area contributed by atoms with Crippen LogP contribution in [0.4, 0.5) is 4.39 Å². The molecule has 0 aromatic heterocycles. The van der Waals surface area contributed by atoms with Crippen LogP contribution in [0, 0.1) is 11.7 Å². The second-order valence-electron chi connectivity index (χ2n) is 7.65. The smallest absolute Gasteiger partial charge is 0.231 e. The molecule has 3 atom stereocenters. The van der Waals surface area contributed by atoms with E-state index in [1.54, 1.807) is 19.2 Å². The maximum Gasteiger partial charge on any atom is 0.231 e. The Kier molecular flexibility index (Phi) is 4.58. The summed E-state index contributed by atoms with van der Waals surface area (Å²) in [6, 6.07) is 11.4. The minimum absolute atomic E-state index is 0.106. The quantitative estimate of drug-likeness (QED) is 0.844. The molecule has 0 saturated carbocycles. The van der Waals surface area contributed by atoms with E-state index in [0.29, 0.717) is 23.5 Å². The summed E-state index contributed by atoms with van der Waals surface area (Å²) in [5.41, 5.74) is 8.92. The van der Waals surface area contributed by atoms with E-state index in [-0.39, 0.29) is 18.7 Å². The Morgan fingerprint density at radius 1 is 1.21 bits per heavy atom. The van der Waals surface area contributed by atoms with Crippen molar-refractivity contribution in [1.82, 2.24) is 15.8 Å². The van der Waals surface area contributed by atoms with Gasteiger partial charge in [-0.2, -0.15) is 0 Å². The molecule has 3 heterocycles. The van der Waals surface area contributed by atoms with Gasteiger partial charge in [0, 0.05) is 31.6 Å². The van der Waals surface area contributed by atoms with Crippen molar-refractivity contribution in [2.75, 3.05) is 27.0 Å². The Morgan fingerprint density at radius 3 is 3.00 bits per heavy atom. The lowest BCUT2D eigenvalue weighted by molar-refractivity contribution is 0.148. The second kappa shape index (κ2) is 7.24. The summed E-state index contributed by atoms with van der Waals surface area (Å²) in [7, 11) is 1.64. The molecule has 148 valence electrons. The van der Waals surface area contributed by atoms with Gasteiger partial charge in [0.2, 0.25) is 12.5 Å². The third-order valence-electron chi connectivity index (χ3n) is 5.93. The number of nitrogens with one attached hydrogen (secondary N) is 2. The zero-order valence-electron chi connectivity index (χ0n) is 15.8. The van der Waals surface area contributed by atoms with Gasteiger partial charge in [0.1, 0.15) is 5.82 Å². The number of methoxy groups -OCH3 is 1. The van der Waals surface area contributed by atoms with Crippen molar-refractivity contribution >= 4 is 0 Å². The van der Waals surface area contributed by atoms with Crippen molar-refractivity contribution in [3.8, 4) is 17.2 Å². The number of halogens is 1. The van der Waals surface area contributed by atoms with Crippen LogP contribution in [0.5, 0.6) is 17.2 Å². The minimum Gasteiger partial charge on any atom is -0.493 e. The normalized spacial score (nSPS) is 26.3. The minimum atomic E-state index is -0.192. The Labute approximate surface area is 163 Å². The van der Waals surface area contributed by atoms with E-state index in [9.17, 15) is 4.39 Å². The molecule has 2 aromatic rings. The summed E-state index contributed by atoms with van der Waals surface area (Å²) in [6.07, 6.45) is 1.05. The molecule has 0 spiro atoms. The van der Waals surface area contributed by atoms with Crippen molar-refractivity contribution in [2.45, 2.75) is 25.0 Å². The second-order valence-corrected chi connectivity index (χ2v) is 7.65. The molecule has 3 aliphatic rings. The lowest BCUT2D eigenvalue weighted by Crippen LogP contribution is -2.45. The van der Waals surface area contributed by atoms with Crippen LogP contribution in [0.25, 0.3) is 0 Å². The van der Waals surface area contributed by atoms with Gasteiger partial charge in [-0.15, -0.1) is 0 Å². The van der Waals surface area contributed by atoms with Crippen molar-refractivity contribution in [3.05, 3.63) is 53.3 Å². The van der Waals surface area contributed by atoms with Crippen LogP contribution >= 0.6 is 0 Å². The summed E-state index contributed by atoms with van der Waals surface area (Å²) in [6.45, 7) is 2.98. The number of piperidine rings is 1. The number of ether oxygens (including phenoxy) is 3. The first-order chi connectivity index (χ1) is 13.7. The van der Waals surface area contributed by atoms with Gasteiger partial charge in [-0.1, -0.05) is 12.1 Å². The molecule has 7 heteroatoms. The highest BCUT2D eigenvalue weighted by molar-refractivity contribution is 5.55. The van der Waals surface area contributed by atoms with Gasteiger partial charge >= 0.3 is 0 Å². The number of nitrogens with zero attached hydrogens (tertiary/aromatic N) is 1. The average molecular weight is 385 g/mol. The summed E-state index contributed by atoms with van der Waals surface area (Å²) in [5, 5.41) is 0. The predicted octanol–water partition coefficient (Wildman–Crippen LogP) is 2.60. The predicted molar refractivity (Wildman–Crippen MR) is 102 cm³/mol. The van der Waals surface area contributed by atoms with Crippen molar-refractivity contribution in [3.63, 3.8) is 0 Å². The zero-order valence-corrected chi connectivity index (χ0v) is 15.8. The molecule has 2 aromatic carbocycles. The highest BCUT2D eigenvalue weighted by Gasteiger charge is 2.40. The molecule has 0 aliphatic carbocycles. The monoisotopic (exact) mass is 385 g/mol. The number of rotatable bonds is 4. The van der Waals surface area contributed by atoms with Gasteiger partial charge in [-0.05, 0) is 41.8 Å². The van der Waals surface area contributed by atoms with Crippen LogP contribution in [-0.2, 0) is 6.54 Å². The molecule has 3 aliphatic heterocycles. The topological polar surface area (TPSA) is 55.0 Å². The molecule has 28 heavy (non-hydrogen) atoms. The van der Waals surface area contributed by atoms with Crippen molar-refractivity contribution in [2.24, 2.45) is 5.92 Å². The Balaban J connectivity index is 1.33.